The van der Waals surface area contributed by atoms with Gasteiger partial charge in [0, 0.05) is 36.6 Å². The van der Waals surface area contributed by atoms with E-state index in [1.165, 1.54) is 7.11 Å². The lowest BCUT2D eigenvalue weighted by Gasteiger charge is -2.17. The molecule has 5 nitrogen and oxygen atoms in total. The van der Waals surface area contributed by atoms with Crippen molar-refractivity contribution in [2.75, 3.05) is 13.7 Å². The molecule has 0 spiro atoms. The highest BCUT2D eigenvalue weighted by atomic mass is 16.5. The van der Waals surface area contributed by atoms with Crippen molar-refractivity contribution in [3.63, 3.8) is 0 Å². The highest BCUT2D eigenvalue weighted by Crippen LogP contribution is 2.24. The molecule has 1 unspecified atom stereocenters. The lowest BCUT2D eigenvalue weighted by Crippen LogP contribution is -2.26. The van der Waals surface area contributed by atoms with E-state index in [4.69, 9.17) is 4.74 Å². The number of hydrogen-bond acceptors (Lipinski definition) is 3. The predicted octanol–water partition coefficient (Wildman–Crippen LogP) is 1.69. The van der Waals surface area contributed by atoms with Crippen LogP contribution >= 0.6 is 0 Å². The molecule has 1 aromatic heterocycles. The molecule has 1 aromatic carbocycles. The van der Waals surface area contributed by atoms with Crippen molar-refractivity contribution >= 4 is 22.8 Å². The summed E-state index contributed by atoms with van der Waals surface area (Å²) < 4.78 is 4.72. The SMILES string of the molecule is COC(=O)C1CC(=O)N(Cc2cccc3[nH]ccc23)C1. The van der Waals surface area contributed by atoms with Gasteiger partial charge in [-0.2, -0.15) is 0 Å². The third-order valence-electron chi connectivity index (χ3n) is 3.80. The molecule has 1 saturated heterocycles. The lowest BCUT2D eigenvalue weighted by molar-refractivity contribution is -0.145. The molecule has 2 heterocycles. The number of carbonyl (C=O) groups excluding carboxylic acids is 2. The van der Waals surface area contributed by atoms with Gasteiger partial charge in [-0.1, -0.05) is 12.1 Å². The first-order valence-electron chi connectivity index (χ1n) is 6.59. The highest BCUT2D eigenvalue weighted by molar-refractivity contribution is 5.88. The number of fused-ring (bicyclic) bond motifs is 1. The number of amides is 1. The second kappa shape index (κ2) is 5.00. The first-order chi connectivity index (χ1) is 9.69. The van der Waals surface area contributed by atoms with Gasteiger partial charge in [0.1, 0.15) is 0 Å². The van der Waals surface area contributed by atoms with Gasteiger partial charge in [-0.3, -0.25) is 9.59 Å². The van der Waals surface area contributed by atoms with Gasteiger partial charge in [-0.15, -0.1) is 0 Å². The van der Waals surface area contributed by atoms with Gasteiger partial charge in [0.2, 0.25) is 5.91 Å². The molecule has 1 aliphatic heterocycles. The van der Waals surface area contributed by atoms with Gasteiger partial charge in [0.15, 0.2) is 0 Å². The number of aromatic amines is 1. The van der Waals surface area contributed by atoms with Crippen LogP contribution in [-0.2, 0) is 20.9 Å². The Labute approximate surface area is 116 Å². The lowest BCUT2D eigenvalue weighted by atomic mass is 10.1. The first-order valence-corrected chi connectivity index (χ1v) is 6.59. The minimum atomic E-state index is -0.335. The minimum absolute atomic E-state index is 0.00735. The zero-order chi connectivity index (χ0) is 14.1. The third-order valence-corrected chi connectivity index (χ3v) is 3.80. The average molecular weight is 272 g/mol. The maximum absolute atomic E-state index is 12.0. The Hall–Kier alpha value is -2.30. The molecule has 0 aliphatic carbocycles. The van der Waals surface area contributed by atoms with Gasteiger partial charge in [-0.25, -0.2) is 0 Å². The van der Waals surface area contributed by atoms with Gasteiger partial charge in [0.25, 0.3) is 0 Å². The second-order valence-corrected chi connectivity index (χ2v) is 5.05. The molecule has 1 fully saturated rings. The van der Waals surface area contributed by atoms with E-state index in [-0.39, 0.29) is 24.2 Å². The van der Waals surface area contributed by atoms with Gasteiger partial charge >= 0.3 is 5.97 Å². The van der Waals surface area contributed by atoms with Crippen molar-refractivity contribution in [2.24, 2.45) is 5.92 Å². The van der Waals surface area contributed by atoms with Crippen LogP contribution in [0.4, 0.5) is 0 Å². The number of nitrogens with zero attached hydrogens (tertiary/aromatic N) is 1. The molecule has 1 N–H and O–H groups in total. The normalized spacial score (nSPS) is 18.8. The molecular weight excluding hydrogens is 256 g/mol. The van der Waals surface area contributed by atoms with Crippen molar-refractivity contribution in [1.29, 1.82) is 0 Å². The molecule has 104 valence electrons. The van der Waals surface area contributed by atoms with Crippen molar-refractivity contribution < 1.29 is 14.3 Å². The zero-order valence-corrected chi connectivity index (χ0v) is 11.3. The average Bonchev–Trinajstić information content (AvgIpc) is 3.06. The molecule has 5 heteroatoms. The number of nitrogens with one attached hydrogen (secondary N) is 1. The minimum Gasteiger partial charge on any atom is -0.469 e. The Bertz CT molecular complexity index is 662. The maximum atomic E-state index is 12.0. The molecular formula is C15H16N2O3. The summed E-state index contributed by atoms with van der Waals surface area (Å²) in [6.45, 7) is 0.966. The van der Waals surface area contributed by atoms with Crippen LogP contribution in [0.2, 0.25) is 0 Å². The van der Waals surface area contributed by atoms with Crippen molar-refractivity contribution in [3.8, 4) is 0 Å². The van der Waals surface area contributed by atoms with Crippen LogP contribution in [0.25, 0.3) is 10.9 Å². The summed E-state index contributed by atoms with van der Waals surface area (Å²) in [4.78, 5) is 28.4. The standard InChI is InChI=1S/C15H16N2O3/c1-20-15(19)11-7-14(18)17(9-11)8-10-3-2-4-13-12(10)5-6-16-13/h2-6,11,16H,7-9H2,1H3. The van der Waals surface area contributed by atoms with E-state index in [2.05, 4.69) is 4.98 Å². The number of hydrogen-bond donors (Lipinski definition) is 1. The summed E-state index contributed by atoms with van der Waals surface area (Å²) in [6, 6.07) is 7.98. The first kappa shape index (κ1) is 12.7. The monoisotopic (exact) mass is 272 g/mol. The molecule has 2 aromatic rings. The van der Waals surface area contributed by atoms with Crippen LogP contribution in [0.1, 0.15) is 12.0 Å². The van der Waals surface area contributed by atoms with E-state index < -0.39 is 0 Å². The summed E-state index contributed by atoms with van der Waals surface area (Å²) in [5.74, 6) is -0.633. The molecule has 3 rings (SSSR count). The van der Waals surface area contributed by atoms with Crippen LogP contribution in [0.15, 0.2) is 30.5 Å². The largest absolute Gasteiger partial charge is 0.469 e. The fourth-order valence-corrected chi connectivity index (χ4v) is 2.74. The summed E-state index contributed by atoms with van der Waals surface area (Å²) in [5, 5.41) is 1.11. The Morgan fingerprint density at radius 1 is 1.45 bits per heavy atom. The van der Waals surface area contributed by atoms with Crippen molar-refractivity contribution in [1.82, 2.24) is 9.88 Å². The molecule has 0 saturated carbocycles. The molecule has 1 amide bonds. The Balaban J connectivity index is 1.80. The quantitative estimate of drug-likeness (QED) is 0.865. The topological polar surface area (TPSA) is 62.4 Å². The number of rotatable bonds is 3. The highest BCUT2D eigenvalue weighted by Gasteiger charge is 2.35. The van der Waals surface area contributed by atoms with E-state index in [9.17, 15) is 9.59 Å². The van der Waals surface area contributed by atoms with Gasteiger partial charge < -0.3 is 14.6 Å². The number of benzene rings is 1. The fraction of sp³-hybridized carbons (Fsp3) is 0.333. The summed E-state index contributed by atoms with van der Waals surface area (Å²) in [5.41, 5.74) is 2.14. The fourth-order valence-electron chi connectivity index (χ4n) is 2.74. The number of likely N-dealkylation sites (tertiary alicyclic amines) is 1. The van der Waals surface area contributed by atoms with Gasteiger partial charge in [0.05, 0.1) is 13.0 Å². The number of esters is 1. The van der Waals surface area contributed by atoms with Crippen molar-refractivity contribution in [3.05, 3.63) is 36.0 Å². The Morgan fingerprint density at radius 2 is 2.30 bits per heavy atom. The predicted molar refractivity (Wildman–Crippen MR) is 73.8 cm³/mol. The van der Waals surface area contributed by atoms with Crippen molar-refractivity contribution in [2.45, 2.75) is 13.0 Å². The Morgan fingerprint density at radius 3 is 3.10 bits per heavy atom. The zero-order valence-electron chi connectivity index (χ0n) is 11.3. The maximum Gasteiger partial charge on any atom is 0.310 e. The number of ether oxygens (including phenoxy) is 1. The second-order valence-electron chi connectivity index (χ2n) is 5.05. The summed E-state index contributed by atoms with van der Waals surface area (Å²) in [6.07, 6.45) is 2.13. The van der Waals surface area contributed by atoms with Crippen LogP contribution in [0, 0.1) is 5.92 Å². The molecule has 1 atom stereocenters. The van der Waals surface area contributed by atoms with E-state index >= 15 is 0 Å². The van der Waals surface area contributed by atoms with Crippen LogP contribution in [-0.4, -0.2) is 35.4 Å². The van der Waals surface area contributed by atoms with E-state index in [1.807, 2.05) is 30.5 Å². The van der Waals surface area contributed by atoms with E-state index in [0.29, 0.717) is 13.1 Å². The van der Waals surface area contributed by atoms with Crippen LogP contribution < -0.4 is 0 Å². The summed E-state index contributed by atoms with van der Waals surface area (Å²) in [7, 11) is 1.36. The smallest absolute Gasteiger partial charge is 0.310 e. The van der Waals surface area contributed by atoms with E-state index in [1.54, 1.807) is 4.90 Å². The molecule has 0 bridgehead atoms. The number of methoxy groups -OCH3 is 1. The number of aromatic nitrogens is 1. The molecule has 20 heavy (non-hydrogen) atoms. The van der Waals surface area contributed by atoms with Gasteiger partial charge in [-0.05, 0) is 17.7 Å². The van der Waals surface area contributed by atoms with Crippen LogP contribution in [0.5, 0.6) is 0 Å². The molecule has 1 aliphatic rings. The third kappa shape index (κ3) is 2.15. The molecule has 0 radical (unpaired) electrons. The number of H-pyrrole nitrogens is 1. The van der Waals surface area contributed by atoms with Crippen LogP contribution in [0.3, 0.4) is 0 Å². The summed E-state index contributed by atoms with van der Waals surface area (Å²) >= 11 is 0. The Kier molecular flexibility index (Phi) is 3.18. The van der Waals surface area contributed by atoms with E-state index in [0.717, 1.165) is 16.5 Å². The number of carbonyl (C=O) groups is 2.